The maximum Gasteiger partial charge on any atom is 0.259 e. The van der Waals surface area contributed by atoms with Crippen molar-refractivity contribution in [2.75, 3.05) is 11.9 Å². The Morgan fingerprint density at radius 3 is 2.44 bits per heavy atom. The molecular weight excluding hydrogens is 490 g/mol. The van der Waals surface area contributed by atoms with E-state index in [1.54, 1.807) is 23.2 Å². The first-order chi connectivity index (χ1) is 19.0. The first-order valence-electron chi connectivity index (χ1n) is 14.1. The molecule has 0 saturated heterocycles. The molecule has 3 aromatic rings. The maximum atomic E-state index is 13.5. The number of ether oxygens (including phenoxy) is 1. The number of carbonyl (C=O) groups excluding carboxylic acids is 2. The number of nitrogens with zero attached hydrogens (tertiary/aromatic N) is 4. The average molecular weight is 524 g/mol. The molecule has 39 heavy (non-hydrogen) atoms. The van der Waals surface area contributed by atoms with Gasteiger partial charge in [-0.1, -0.05) is 18.2 Å². The fourth-order valence-corrected chi connectivity index (χ4v) is 8.06. The zero-order chi connectivity index (χ0) is 26.4. The molecule has 8 nitrogen and oxygen atoms in total. The van der Waals surface area contributed by atoms with Crippen LogP contribution in [0.4, 0.5) is 5.82 Å². The highest BCUT2D eigenvalue weighted by Crippen LogP contribution is 2.61. The molecule has 1 aliphatic heterocycles. The first-order valence-corrected chi connectivity index (χ1v) is 14.1. The van der Waals surface area contributed by atoms with Crippen molar-refractivity contribution >= 4 is 17.6 Å². The summed E-state index contributed by atoms with van der Waals surface area (Å²) in [6.07, 6.45) is 12.0. The molecule has 0 atom stereocenters. The van der Waals surface area contributed by atoms with Gasteiger partial charge in [0, 0.05) is 24.7 Å². The smallest absolute Gasteiger partial charge is 0.259 e. The first kappa shape index (κ1) is 24.2. The Hall–Kier alpha value is -3.81. The standard InChI is InChI=1S/C31H33N5O3/c37-27(17-31-14-20-11-21(15-31)13-22(12-20)16-31)35-28-24-8-10-36(18-26(24)33-19-34-28)30(38)25-7-4-9-32-29(25)39-23-5-2-1-3-6-23/h1-7,9,19-22H,8,10-18H2,(H,33,34,35,37). The van der Waals surface area contributed by atoms with Gasteiger partial charge in [-0.25, -0.2) is 15.0 Å². The number of hydrogen-bond acceptors (Lipinski definition) is 6. The summed E-state index contributed by atoms with van der Waals surface area (Å²) >= 11 is 0. The van der Waals surface area contributed by atoms with Crippen molar-refractivity contribution in [2.24, 2.45) is 23.2 Å². The Labute approximate surface area is 228 Å². The zero-order valence-corrected chi connectivity index (χ0v) is 22.0. The van der Waals surface area contributed by atoms with Crippen LogP contribution in [0.15, 0.2) is 55.0 Å². The van der Waals surface area contributed by atoms with Gasteiger partial charge in [0.1, 0.15) is 23.5 Å². The van der Waals surface area contributed by atoms with Gasteiger partial charge in [-0.15, -0.1) is 0 Å². The van der Waals surface area contributed by atoms with Crippen molar-refractivity contribution in [1.29, 1.82) is 0 Å². The van der Waals surface area contributed by atoms with E-state index in [1.165, 1.54) is 44.9 Å². The Balaban J connectivity index is 1.04. The van der Waals surface area contributed by atoms with Crippen LogP contribution in [0.1, 0.15) is 66.6 Å². The molecule has 4 fully saturated rings. The minimum atomic E-state index is -0.161. The molecule has 1 aromatic carbocycles. The van der Waals surface area contributed by atoms with Crippen molar-refractivity contribution in [3.05, 3.63) is 71.8 Å². The van der Waals surface area contributed by atoms with Crippen LogP contribution < -0.4 is 10.1 Å². The molecule has 4 saturated carbocycles. The molecule has 8 heteroatoms. The van der Waals surface area contributed by atoms with Gasteiger partial charge in [0.05, 0.1) is 12.2 Å². The number of nitrogens with one attached hydrogen (secondary N) is 1. The number of amides is 2. The lowest BCUT2D eigenvalue weighted by molar-refractivity contribution is -0.124. The molecule has 0 radical (unpaired) electrons. The van der Waals surface area contributed by atoms with Gasteiger partial charge in [-0.05, 0) is 92.4 Å². The van der Waals surface area contributed by atoms with E-state index in [-0.39, 0.29) is 23.1 Å². The Morgan fingerprint density at radius 1 is 0.949 bits per heavy atom. The number of benzene rings is 1. The largest absolute Gasteiger partial charge is 0.438 e. The van der Waals surface area contributed by atoms with Crippen molar-refractivity contribution < 1.29 is 14.3 Å². The van der Waals surface area contributed by atoms with Crippen LogP contribution in [0.3, 0.4) is 0 Å². The van der Waals surface area contributed by atoms with Crippen LogP contribution in [-0.2, 0) is 17.8 Å². The van der Waals surface area contributed by atoms with Crippen molar-refractivity contribution in [3.63, 3.8) is 0 Å². The fourth-order valence-electron chi connectivity index (χ4n) is 8.06. The summed E-state index contributed by atoms with van der Waals surface area (Å²) in [5, 5.41) is 3.13. The number of pyridine rings is 1. The summed E-state index contributed by atoms with van der Waals surface area (Å²) in [4.78, 5) is 41.8. The second-order valence-electron chi connectivity index (χ2n) is 12.0. The summed E-state index contributed by atoms with van der Waals surface area (Å²) in [7, 11) is 0. The molecule has 3 heterocycles. The minimum Gasteiger partial charge on any atom is -0.438 e. The number of aromatic nitrogens is 3. The molecule has 4 bridgehead atoms. The van der Waals surface area contributed by atoms with Crippen LogP contribution in [0, 0.1) is 23.2 Å². The van der Waals surface area contributed by atoms with E-state index in [9.17, 15) is 9.59 Å². The lowest BCUT2D eigenvalue weighted by Crippen LogP contribution is -2.47. The maximum absolute atomic E-state index is 13.5. The van der Waals surface area contributed by atoms with Gasteiger partial charge in [0.25, 0.3) is 5.91 Å². The van der Waals surface area contributed by atoms with Gasteiger partial charge < -0.3 is 15.0 Å². The summed E-state index contributed by atoms with van der Waals surface area (Å²) in [6.45, 7) is 0.838. The molecule has 2 amide bonds. The Kier molecular flexibility index (Phi) is 6.05. The second-order valence-corrected chi connectivity index (χ2v) is 12.0. The molecule has 200 valence electrons. The van der Waals surface area contributed by atoms with Crippen LogP contribution in [0.5, 0.6) is 11.6 Å². The van der Waals surface area contributed by atoms with Crippen molar-refractivity contribution in [1.82, 2.24) is 19.9 Å². The quantitative estimate of drug-likeness (QED) is 0.464. The molecule has 1 N–H and O–H groups in total. The predicted molar refractivity (Wildman–Crippen MR) is 145 cm³/mol. The summed E-state index contributed by atoms with van der Waals surface area (Å²) < 4.78 is 5.92. The normalized spacial score (nSPS) is 26.7. The van der Waals surface area contributed by atoms with E-state index < -0.39 is 0 Å². The number of carbonyl (C=O) groups is 2. The highest BCUT2D eigenvalue weighted by molar-refractivity contribution is 5.96. The summed E-state index contributed by atoms with van der Waals surface area (Å²) in [6, 6.07) is 12.8. The monoisotopic (exact) mass is 523 g/mol. The lowest BCUT2D eigenvalue weighted by Gasteiger charge is -2.56. The number of para-hydroxylation sites is 1. The zero-order valence-electron chi connectivity index (χ0n) is 22.0. The van der Waals surface area contributed by atoms with Crippen molar-refractivity contribution in [3.8, 4) is 11.6 Å². The molecule has 8 rings (SSSR count). The second kappa shape index (κ2) is 9.74. The SMILES string of the molecule is O=C(CC12CC3CC(CC(C3)C1)C2)Nc1ncnc2c1CCN(C(=O)c1cccnc1Oc1ccccc1)C2. The minimum absolute atomic E-state index is 0.0643. The van der Waals surface area contributed by atoms with E-state index in [4.69, 9.17) is 4.74 Å². The number of hydrogen-bond donors (Lipinski definition) is 1. The molecule has 2 aromatic heterocycles. The van der Waals surface area contributed by atoms with E-state index in [2.05, 4.69) is 20.3 Å². The van der Waals surface area contributed by atoms with E-state index >= 15 is 0 Å². The van der Waals surface area contributed by atoms with E-state index in [0.717, 1.165) is 29.0 Å². The molecule has 4 aliphatic carbocycles. The third-order valence-corrected chi connectivity index (χ3v) is 9.21. The molecule has 0 spiro atoms. The Bertz CT molecular complexity index is 1370. The van der Waals surface area contributed by atoms with Gasteiger partial charge in [-0.2, -0.15) is 0 Å². The average Bonchev–Trinajstić information content (AvgIpc) is 2.92. The highest BCUT2D eigenvalue weighted by atomic mass is 16.5. The third-order valence-electron chi connectivity index (χ3n) is 9.21. The van der Waals surface area contributed by atoms with E-state index in [1.807, 2.05) is 30.3 Å². The van der Waals surface area contributed by atoms with Gasteiger partial charge in [-0.3, -0.25) is 9.59 Å². The van der Waals surface area contributed by atoms with Gasteiger partial charge >= 0.3 is 0 Å². The fraction of sp³-hybridized carbons (Fsp3) is 0.452. The van der Waals surface area contributed by atoms with Crippen LogP contribution in [-0.4, -0.2) is 38.2 Å². The van der Waals surface area contributed by atoms with Crippen LogP contribution >= 0.6 is 0 Å². The number of rotatable bonds is 6. The van der Waals surface area contributed by atoms with Crippen molar-refractivity contribution in [2.45, 2.75) is 57.9 Å². The van der Waals surface area contributed by atoms with Gasteiger partial charge in [0.2, 0.25) is 11.8 Å². The third kappa shape index (κ3) is 4.77. The lowest BCUT2D eigenvalue weighted by atomic mass is 9.49. The summed E-state index contributed by atoms with van der Waals surface area (Å²) in [5.74, 6) is 3.85. The number of fused-ring (bicyclic) bond motifs is 1. The van der Waals surface area contributed by atoms with E-state index in [0.29, 0.717) is 43.1 Å². The molecule has 0 unspecified atom stereocenters. The molecule has 5 aliphatic rings. The van der Waals surface area contributed by atoms with Crippen LogP contribution in [0.2, 0.25) is 0 Å². The highest BCUT2D eigenvalue weighted by Gasteiger charge is 2.51. The summed E-state index contributed by atoms with van der Waals surface area (Å²) in [5.41, 5.74) is 2.28. The number of anilines is 1. The van der Waals surface area contributed by atoms with Crippen LogP contribution in [0.25, 0.3) is 0 Å². The molecular formula is C31H33N5O3. The van der Waals surface area contributed by atoms with Gasteiger partial charge in [0.15, 0.2) is 0 Å². The Morgan fingerprint density at radius 2 is 1.69 bits per heavy atom. The topological polar surface area (TPSA) is 97.3 Å². The predicted octanol–water partition coefficient (Wildman–Crippen LogP) is 5.41.